The minimum atomic E-state index is -1.90. The number of nitrogens with one attached hydrogen (secondary N) is 9. The van der Waals surface area contributed by atoms with Crippen LogP contribution in [0.3, 0.4) is 0 Å². The Morgan fingerprint density at radius 1 is 0.513 bits per heavy atom. The number of likely N-dealkylation sites (N-methyl/N-ethyl adjacent to an activating group) is 4. The molecule has 1 fully saturated rings. The maximum atomic E-state index is 15.5. The van der Waals surface area contributed by atoms with Gasteiger partial charge in [-0.3, -0.25) is 81.6 Å². The van der Waals surface area contributed by atoms with Crippen molar-refractivity contribution in [1.82, 2.24) is 67.5 Å². The number of para-hydroxylation sites is 1. The number of aliphatic carboxylic acids is 1. The van der Waals surface area contributed by atoms with Crippen molar-refractivity contribution < 1.29 is 92.0 Å². The van der Waals surface area contributed by atoms with E-state index in [1.54, 1.807) is 113 Å². The Hall–Kier alpha value is -12.4. The summed E-state index contributed by atoms with van der Waals surface area (Å²) in [5.41, 5.74) is 8.21. The number of carboxylic acid groups (broad SMARTS) is 1. The van der Waals surface area contributed by atoms with E-state index in [4.69, 9.17) is 5.73 Å². The topological polar surface area (TPSA) is 484 Å². The van der Waals surface area contributed by atoms with Crippen LogP contribution in [0.4, 0.5) is 5.69 Å². The van der Waals surface area contributed by atoms with Crippen LogP contribution >= 0.6 is 11.8 Å². The molecule has 34 nitrogen and oxygen atoms in total. The lowest BCUT2D eigenvalue weighted by molar-refractivity contribution is -0.145. The van der Waals surface area contributed by atoms with E-state index in [0.717, 1.165) is 26.5 Å². The molecule has 2 bridgehead atoms. The number of anilines is 1. The number of hydrogen-bond acceptors (Lipinski definition) is 19. The van der Waals surface area contributed by atoms with E-state index < -0.39 is 199 Å². The summed E-state index contributed by atoms with van der Waals surface area (Å²) in [6.07, 6.45) is -1.09. The number of fused-ring (bicyclic) bond motifs is 4. The molecule has 119 heavy (non-hydrogen) atoms. The van der Waals surface area contributed by atoms with Gasteiger partial charge < -0.3 is 88.5 Å². The fourth-order valence-electron chi connectivity index (χ4n) is 13.7. The van der Waals surface area contributed by atoms with Gasteiger partial charge in [0, 0.05) is 71.7 Å². The van der Waals surface area contributed by atoms with Gasteiger partial charge in [-0.1, -0.05) is 151 Å². The molecule has 11 atom stereocenters. The fraction of sp³-hybridized carbons (Fsp3) is 0.452. The lowest BCUT2D eigenvalue weighted by Crippen LogP contribution is -2.62. The Morgan fingerprint density at radius 3 is 1.57 bits per heavy atom. The van der Waals surface area contributed by atoms with Gasteiger partial charge in [-0.2, -0.15) is 0 Å². The van der Waals surface area contributed by atoms with E-state index in [2.05, 4.69) is 47.9 Å². The molecule has 2 heterocycles. The normalized spacial score (nSPS) is 23.0. The molecule has 7 rings (SSSR count). The van der Waals surface area contributed by atoms with Crippen LogP contribution in [0.25, 0.3) is 0 Å². The van der Waals surface area contributed by atoms with Gasteiger partial charge in [-0.15, -0.1) is 11.8 Å². The molecule has 15 amide bonds. The van der Waals surface area contributed by atoms with E-state index in [1.807, 2.05) is 6.92 Å². The van der Waals surface area contributed by atoms with Crippen LogP contribution in [-0.2, 0) is 109 Å². The summed E-state index contributed by atoms with van der Waals surface area (Å²) in [4.78, 5) is 236. The smallest absolute Gasteiger partial charge is 0.305 e. The summed E-state index contributed by atoms with van der Waals surface area (Å²) in [6, 6.07) is 18.6. The molecule has 2 aliphatic heterocycles. The van der Waals surface area contributed by atoms with E-state index in [-0.39, 0.29) is 68.1 Å². The highest BCUT2D eigenvalue weighted by Gasteiger charge is 2.45. The first-order valence-corrected chi connectivity index (χ1v) is 40.4. The molecule has 35 heteroatoms. The predicted molar refractivity (Wildman–Crippen MR) is 440 cm³/mol. The Balaban J connectivity index is 1.28. The zero-order valence-corrected chi connectivity index (χ0v) is 69.2. The van der Waals surface area contributed by atoms with E-state index in [9.17, 15) is 68.1 Å². The van der Waals surface area contributed by atoms with E-state index in [0.29, 0.717) is 46.3 Å². The van der Waals surface area contributed by atoms with Crippen LogP contribution in [0.5, 0.6) is 11.5 Å². The third kappa shape index (κ3) is 27.9. The first kappa shape index (κ1) is 93.7. The summed E-state index contributed by atoms with van der Waals surface area (Å²) in [5, 5.41) is 54.0. The van der Waals surface area contributed by atoms with Gasteiger partial charge in [0.05, 0.1) is 31.8 Å². The van der Waals surface area contributed by atoms with Crippen molar-refractivity contribution in [3.8, 4) is 11.5 Å². The maximum Gasteiger partial charge on any atom is 0.305 e. The lowest BCUT2D eigenvalue weighted by Gasteiger charge is -2.42. The first-order chi connectivity index (χ1) is 56.4. The number of nitrogens with zero attached hydrogens (tertiary/aromatic N) is 5. The third-order valence-electron chi connectivity index (χ3n) is 20.2. The molecule has 5 aromatic rings. The van der Waals surface area contributed by atoms with Crippen molar-refractivity contribution in [3.63, 3.8) is 0 Å². The quantitative estimate of drug-likeness (QED) is 0.0536. The molecule has 1 saturated heterocycles. The molecule has 0 aromatic heterocycles. The van der Waals surface area contributed by atoms with Crippen LogP contribution in [0.15, 0.2) is 133 Å². The summed E-state index contributed by atoms with van der Waals surface area (Å²) in [6.45, 7) is 7.51. The molecule has 0 unspecified atom stereocenters. The van der Waals surface area contributed by atoms with Crippen LogP contribution in [0.1, 0.15) is 101 Å². The summed E-state index contributed by atoms with van der Waals surface area (Å²) < 4.78 is 0. The van der Waals surface area contributed by atoms with Crippen molar-refractivity contribution >= 4 is 112 Å². The van der Waals surface area contributed by atoms with Crippen molar-refractivity contribution in [2.24, 2.45) is 17.6 Å². The summed E-state index contributed by atoms with van der Waals surface area (Å²) >= 11 is 0.834. The number of carboxylic acids is 1. The highest BCUT2D eigenvalue weighted by molar-refractivity contribution is 8.00. The van der Waals surface area contributed by atoms with Gasteiger partial charge in [-0.05, 0) is 89.8 Å². The molecule has 14 N–H and O–H groups in total. The zero-order valence-electron chi connectivity index (χ0n) is 68.4. The van der Waals surface area contributed by atoms with Gasteiger partial charge in [0.25, 0.3) is 5.91 Å². The van der Waals surface area contributed by atoms with Gasteiger partial charge in [0.15, 0.2) is 0 Å². The third-order valence-corrected chi connectivity index (χ3v) is 21.2. The average Bonchev–Trinajstić information content (AvgIpc) is 0.758. The number of phenols is 2. The summed E-state index contributed by atoms with van der Waals surface area (Å²) in [5.74, 6) is -17.1. The second-order valence-corrected chi connectivity index (χ2v) is 31.6. The Bertz CT molecular complexity index is 4450. The highest BCUT2D eigenvalue weighted by Crippen LogP contribution is 2.34. The second-order valence-electron chi connectivity index (χ2n) is 30.6. The molecule has 0 saturated carbocycles. The molecule has 5 aromatic carbocycles. The standard InChI is InChI=1S/C84H109N15O19S/c1-11-12-26-65-82(116)96(8)45-70(104)88-60(42-72(106)107)78(112)94-73(49(4)5)84(118)97(9)66(40-52-23-17-14-18-24-52)79(113)92-61(39-54-30-34-57(101)35-31-54)80(114)95(7)44-69(103)87-50(6)74(108)90-59(37-53-28-32-56(100)33-29-53)77(111)91-58(36-48(2)3)76(110)93-63(75(109)86-43-68(85)102)46-119-47-71(105)89-62(38-51-21-15-13-16-22-51)81(115)98(10)67-41-55-25-19-20-27-64(55)99(65)83(67)117/h13-25,27-35,48-50,58-63,65-67,73,100-101H,11-12,26,36-47H2,1-10H3,(H2,85,102)(H,86,109)(H,87,103)(H,88,104)(H,89,105)(H,90,108)(H,91,111)(H,92,113)(H,93,110)(H,94,112)(H,106,107)/t50-,58-,59-,60-,61-,62-,63+,65-,66-,67-,73-/m0/s1. The number of carbonyl (C=O) groups is 16. The van der Waals surface area contributed by atoms with Gasteiger partial charge in [0.1, 0.15) is 78.0 Å². The lowest BCUT2D eigenvalue weighted by atomic mass is 9.92. The minimum absolute atomic E-state index is 0.0270. The predicted octanol–water partition coefficient (Wildman–Crippen LogP) is 0.511. The van der Waals surface area contributed by atoms with Gasteiger partial charge in [-0.25, -0.2) is 0 Å². The van der Waals surface area contributed by atoms with E-state index in [1.165, 1.54) is 93.4 Å². The van der Waals surface area contributed by atoms with Gasteiger partial charge in [0.2, 0.25) is 82.7 Å². The average molecular weight is 1660 g/mol. The Kier molecular flexibility index (Phi) is 35.3. The van der Waals surface area contributed by atoms with Gasteiger partial charge >= 0.3 is 5.97 Å². The number of phenolic OH excluding ortho intramolecular Hbond substituents is 2. The van der Waals surface area contributed by atoms with Crippen molar-refractivity contribution in [2.75, 3.05) is 64.2 Å². The van der Waals surface area contributed by atoms with Crippen LogP contribution in [-0.4, -0.2) is 255 Å². The number of carbonyl (C=O) groups excluding carboxylic acids is 15. The fourth-order valence-corrected chi connectivity index (χ4v) is 14.6. The molecule has 640 valence electrons. The SMILES string of the molecule is CCCC[C@H]1C(=O)N(C)CC(=O)N[C@@H](CC(=O)O)C(=O)N[C@@H](C(C)C)C(=O)N(C)[C@@H](Cc2ccccc2)C(=O)N[C@@H](Cc2ccc(O)cc2)C(=O)N(C)CC(=O)N[C@@H](C)C(=O)N[C@@H](Cc2ccc(O)cc2)C(=O)N[C@@H](CC(C)C)C(=O)N[C@@H](C(=O)NCC(N)=O)CSCC(=O)N[C@@H](Cc2ccccc2)C(=O)N(C)[C@H]2Cc3ccccc3N1C2=O. The largest absolute Gasteiger partial charge is 0.508 e. The molecule has 0 radical (unpaired) electrons. The van der Waals surface area contributed by atoms with Crippen molar-refractivity contribution in [3.05, 3.63) is 161 Å². The number of hydrogen-bond donors (Lipinski definition) is 13. The van der Waals surface area contributed by atoms with Crippen LogP contribution < -0.4 is 58.5 Å². The Labute approximate surface area is 695 Å². The highest BCUT2D eigenvalue weighted by atomic mass is 32.2. The number of amides is 15. The van der Waals surface area contributed by atoms with Crippen molar-refractivity contribution in [1.29, 1.82) is 0 Å². The molecular formula is C84H109N15O19S. The second kappa shape index (κ2) is 44.8. The van der Waals surface area contributed by atoms with E-state index >= 15 is 24.0 Å². The number of benzene rings is 5. The number of rotatable bonds is 19. The van der Waals surface area contributed by atoms with Crippen molar-refractivity contribution in [2.45, 2.75) is 172 Å². The zero-order chi connectivity index (χ0) is 87.5. The van der Waals surface area contributed by atoms with Crippen LogP contribution in [0.2, 0.25) is 0 Å². The number of aromatic hydroxyl groups is 2. The summed E-state index contributed by atoms with van der Waals surface area (Å²) in [7, 11) is 5.17. The minimum Gasteiger partial charge on any atom is -0.508 e. The first-order valence-electron chi connectivity index (χ1n) is 39.3. The maximum absolute atomic E-state index is 15.5. The molecule has 2 aliphatic rings. The monoisotopic (exact) mass is 1660 g/mol. The molecule has 0 spiro atoms. The molecular weight excluding hydrogens is 1560 g/mol. The molecule has 0 aliphatic carbocycles. The van der Waals surface area contributed by atoms with Crippen LogP contribution in [0, 0.1) is 11.8 Å². The Morgan fingerprint density at radius 2 is 1.01 bits per heavy atom. The number of primary amides is 1. The number of thioether (sulfide) groups is 1. The number of nitrogens with two attached hydrogens (primary N) is 1. The number of unbranched alkanes of at least 4 members (excludes halogenated alkanes) is 1.